The van der Waals surface area contributed by atoms with E-state index in [1.54, 1.807) is 0 Å². The summed E-state index contributed by atoms with van der Waals surface area (Å²) in [6.07, 6.45) is 1.14. The second kappa shape index (κ2) is 23.4. The number of likely N-dealkylation sites (N-methyl/N-ethyl adjacent to an activating group) is 1. The van der Waals surface area contributed by atoms with Gasteiger partial charge in [-0.15, -0.1) is 13.2 Å². The Hall–Kier alpha value is -4.27. The predicted octanol–water partition coefficient (Wildman–Crippen LogP) is 10.3. The number of aliphatic hydroxyl groups excluding tert-OH is 1. The molecule has 2 atom stereocenters. The Bertz CT molecular complexity index is 1650. The molecule has 11 heteroatoms. The van der Waals surface area contributed by atoms with Crippen molar-refractivity contribution in [2.45, 2.75) is 112 Å². The minimum Gasteiger partial charge on any atom is -0.490 e. The zero-order chi connectivity index (χ0) is 40.3. The van der Waals surface area contributed by atoms with Crippen LogP contribution in [0, 0.1) is 37.5 Å². The first-order chi connectivity index (χ1) is 25.3. The molecule has 4 N–H and O–H groups in total. The molecule has 0 saturated heterocycles. The van der Waals surface area contributed by atoms with E-state index >= 15 is 0 Å². The highest BCUT2D eigenvalue weighted by Crippen LogP contribution is 2.47. The second-order valence-electron chi connectivity index (χ2n) is 12.6. The fraction of sp³-hybridized carbons (Fsp3) is 0.500. The lowest BCUT2D eigenvalue weighted by molar-refractivity contribution is -0.141. The Labute approximate surface area is 314 Å². The monoisotopic (exact) mass is 741 g/mol. The fourth-order valence-electron chi connectivity index (χ4n) is 5.79. The third kappa shape index (κ3) is 13.9. The second-order valence-corrected chi connectivity index (χ2v) is 12.6. The molecule has 5 rings (SSSR count). The summed E-state index contributed by atoms with van der Waals surface area (Å²) in [7, 11) is 1.85. The smallest absolute Gasteiger partial charge is 0.433 e. The number of hydrogen-bond donors (Lipinski definition) is 3. The number of alkyl halides is 3. The summed E-state index contributed by atoms with van der Waals surface area (Å²) in [4.78, 5) is 12.5. The van der Waals surface area contributed by atoms with Crippen molar-refractivity contribution in [3.8, 4) is 29.0 Å². The van der Waals surface area contributed by atoms with Gasteiger partial charge in [0.25, 0.3) is 0 Å². The van der Waals surface area contributed by atoms with Gasteiger partial charge in [-0.3, -0.25) is 4.99 Å². The van der Waals surface area contributed by atoms with Gasteiger partial charge in [0.15, 0.2) is 5.82 Å². The van der Waals surface area contributed by atoms with Crippen LogP contribution in [0.3, 0.4) is 0 Å². The number of aromatic nitrogens is 2. The molecule has 0 spiro atoms. The maximum absolute atomic E-state index is 14.5. The lowest BCUT2D eigenvalue weighted by atomic mass is 9.93. The molecular formula is C42H59F4N5O2. The highest BCUT2D eigenvalue weighted by atomic mass is 19.4. The number of aryl methyl sites for hydroxylation is 2. The van der Waals surface area contributed by atoms with Crippen molar-refractivity contribution in [1.82, 2.24) is 15.3 Å². The number of aliphatic hydroxyl groups is 1. The van der Waals surface area contributed by atoms with Gasteiger partial charge in [0.1, 0.15) is 17.1 Å². The van der Waals surface area contributed by atoms with Gasteiger partial charge in [-0.05, 0) is 81.8 Å². The summed E-state index contributed by atoms with van der Waals surface area (Å²) in [5, 5.41) is 12.3. The Kier molecular flexibility index (Phi) is 20.6. The number of nitrogens with one attached hydrogen (secondary N) is 1. The normalized spacial score (nSPS) is 14.8. The van der Waals surface area contributed by atoms with Crippen LogP contribution in [0.2, 0.25) is 0 Å². The average molecular weight is 742 g/mol. The van der Waals surface area contributed by atoms with Crippen LogP contribution in [-0.4, -0.2) is 41.0 Å². The summed E-state index contributed by atoms with van der Waals surface area (Å²) in [6.45, 7) is 23.5. The molecule has 0 amide bonds. The average Bonchev–Trinajstić information content (AvgIpc) is 3.92. The Morgan fingerprint density at radius 1 is 1.13 bits per heavy atom. The van der Waals surface area contributed by atoms with Crippen LogP contribution in [0.1, 0.15) is 119 Å². The lowest BCUT2D eigenvalue weighted by Crippen LogP contribution is -2.20. The van der Waals surface area contributed by atoms with Crippen molar-refractivity contribution in [2.24, 2.45) is 16.6 Å². The third-order valence-electron chi connectivity index (χ3n) is 8.35. The summed E-state index contributed by atoms with van der Waals surface area (Å²) < 4.78 is 59.6. The third-order valence-corrected chi connectivity index (χ3v) is 8.35. The van der Waals surface area contributed by atoms with Crippen LogP contribution in [0.25, 0.3) is 11.3 Å². The van der Waals surface area contributed by atoms with E-state index in [2.05, 4.69) is 59.2 Å². The summed E-state index contributed by atoms with van der Waals surface area (Å²) in [5.41, 5.74) is 10.6. The molecule has 1 aliphatic heterocycles. The van der Waals surface area contributed by atoms with Crippen molar-refractivity contribution in [3.05, 3.63) is 83.1 Å². The number of nitrogens with two attached hydrogens (primary N) is 1. The zero-order valence-corrected chi connectivity index (χ0v) is 33.0. The fourth-order valence-corrected chi connectivity index (χ4v) is 5.79. The molecule has 2 aromatic heterocycles. The SMILES string of the molecule is C=C.CC.CCC#CN.CCCC(C)=Nc1c(C)cc(CO)cc1C.CNCC(c1cc2c(c(-c3cc(C(F)(F)F)ncc3F)n1)OCC2C)C1CC1. The van der Waals surface area contributed by atoms with E-state index in [1.165, 1.54) is 5.71 Å². The highest BCUT2D eigenvalue weighted by molar-refractivity contribution is 5.85. The van der Waals surface area contributed by atoms with Gasteiger partial charge in [-0.2, -0.15) is 13.2 Å². The summed E-state index contributed by atoms with van der Waals surface area (Å²) in [6, 6.07) is 8.97. The van der Waals surface area contributed by atoms with Crippen molar-refractivity contribution in [3.63, 3.8) is 0 Å². The summed E-state index contributed by atoms with van der Waals surface area (Å²) >= 11 is 0. The minimum absolute atomic E-state index is 0.0666. The van der Waals surface area contributed by atoms with E-state index < -0.39 is 17.7 Å². The number of benzene rings is 1. The van der Waals surface area contributed by atoms with E-state index in [1.807, 2.05) is 66.8 Å². The van der Waals surface area contributed by atoms with Gasteiger partial charge in [0.05, 0.1) is 25.1 Å². The van der Waals surface area contributed by atoms with Gasteiger partial charge < -0.3 is 20.9 Å². The van der Waals surface area contributed by atoms with Crippen molar-refractivity contribution < 1.29 is 27.4 Å². The topological polar surface area (TPSA) is 106 Å². The van der Waals surface area contributed by atoms with Crippen LogP contribution in [0.4, 0.5) is 23.2 Å². The first kappa shape index (κ1) is 46.8. The number of rotatable bonds is 9. The minimum atomic E-state index is -4.67. The quantitative estimate of drug-likeness (QED) is 0.0663. The molecule has 3 heterocycles. The molecule has 292 valence electrons. The van der Waals surface area contributed by atoms with Crippen LogP contribution in [0.5, 0.6) is 5.75 Å². The van der Waals surface area contributed by atoms with Gasteiger partial charge in [-0.25, -0.2) is 14.4 Å². The van der Waals surface area contributed by atoms with Gasteiger partial charge in [-0.1, -0.05) is 59.1 Å². The van der Waals surface area contributed by atoms with E-state index in [-0.39, 0.29) is 29.7 Å². The number of halogens is 4. The van der Waals surface area contributed by atoms with Crippen molar-refractivity contribution in [1.29, 1.82) is 0 Å². The molecule has 0 radical (unpaired) electrons. The molecule has 1 aliphatic carbocycles. The zero-order valence-electron chi connectivity index (χ0n) is 33.0. The maximum Gasteiger partial charge on any atom is 0.433 e. The number of aliphatic imine (C=N–C) groups is 1. The van der Waals surface area contributed by atoms with Crippen molar-refractivity contribution >= 4 is 11.4 Å². The number of pyridine rings is 2. The number of fused-ring (bicyclic) bond motifs is 1. The molecule has 0 bridgehead atoms. The van der Waals surface area contributed by atoms with Gasteiger partial charge >= 0.3 is 6.18 Å². The molecule has 1 aromatic carbocycles. The molecule has 7 nitrogen and oxygen atoms in total. The first-order valence-corrected chi connectivity index (χ1v) is 18.3. The summed E-state index contributed by atoms with van der Waals surface area (Å²) in [5.74, 6) is 2.84. The Morgan fingerprint density at radius 2 is 1.75 bits per heavy atom. The van der Waals surface area contributed by atoms with Crippen molar-refractivity contribution in [2.75, 3.05) is 20.2 Å². The van der Waals surface area contributed by atoms with Crippen LogP contribution in [0.15, 0.2) is 48.6 Å². The van der Waals surface area contributed by atoms with Crippen LogP contribution < -0.4 is 15.8 Å². The van der Waals surface area contributed by atoms with Crippen LogP contribution >= 0.6 is 0 Å². The lowest BCUT2D eigenvalue weighted by Gasteiger charge is -2.19. The molecule has 2 unspecified atom stereocenters. The Morgan fingerprint density at radius 3 is 2.23 bits per heavy atom. The maximum atomic E-state index is 14.5. The number of ether oxygens (including phenoxy) is 1. The highest BCUT2D eigenvalue weighted by Gasteiger charge is 2.37. The molecule has 3 aromatic rings. The number of hydrogen-bond acceptors (Lipinski definition) is 7. The molecule has 53 heavy (non-hydrogen) atoms. The molecule has 1 saturated carbocycles. The van der Waals surface area contributed by atoms with E-state index in [9.17, 15) is 17.6 Å². The molecule has 1 fully saturated rings. The van der Waals surface area contributed by atoms with E-state index in [0.29, 0.717) is 31.0 Å². The van der Waals surface area contributed by atoms with Gasteiger partial charge in [0, 0.05) is 53.4 Å². The first-order valence-electron chi connectivity index (χ1n) is 18.3. The Balaban J connectivity index is 0.000000476. The van der Waals surface area contributed by atoms with E-state index in [4.69, 9.17) is 15.6 Å². The van der Waals surface area contributed by atoms with Gasteiger partial charge in [0.2, 0.25) is 0 Å². The van der Waals surface area contributed by atoms with Crippen LogP contribution in [-0.2, 0) is 12.8 Å². The number of nitrogens with zero attached hydrogens (tertiary/aromatic N) is 3. The largest absolute Gasteiger partial charge is 0.490 e. The predicted molar refractivity (Wildman–Crippen MR) is 210 cm³/mol. The van der Waals surface area contributed by atoms with E-state index in [0.717, 1.165) is 71.8 Å². The molecule has 2 aliphatic rings. The molecular weight excluding hydrogens is 682 g/mol. The standard InChI is InChI=1S/C20H21F4N3O.C14H21NO.C4H7N.C2H6.C2H4/c1-10-9-28-19-12(10)5-16(14(7-25-2)11-3-4-11)27-18(19)13-6-17(20(22,23)24)26-8-15(13)21;1-5-6-12(4)15-14-10(2)7-13(9-16)8-11(14)3;1-2-3-4-5;2*1-2/h5-6,8,10-11,14,25H,3-4,7,9H2,1-2H3;7-8,16H,5-6,9H2,1-4H3;2,5H2,1H3;1-2H3;1-2H2.